The van der Waals surface area contributed by atoms with Crippen molar-refractivity contribution in [1.29, 1.82) is 0 Å². The Bertz CT molecular complexity index is 934. The molecular weight excluding hydrogens is 354 g/mol. The number of nitrogens with zero attached hydrogens (tertiary/aromatic N) is 4. The van der Waals surface area contributed by atoms with Crippen molar-refractivity contribution in [2.75, 3.05) is 11.9 Å². The van der Waals surface area contributed by atoms with E-state index in [1.54, 1.807) is 0 Å². The first kappa shape index (κ1) is 19.5. The third-order valence-electron chi connectivity index (χ3n) is 4.27. The molecule has 0 saturated heterocycles. The first-order chi connectivity index (χ1) is 13.5. The van der Waals surface area contributed by atoms with E-state index >= 15 is 0 Å². The molecule has 0 aliphatic rings. The zero-order valence-corrected chi connectivity index (χ0v) is 16.5. The van der Waals surface area contributed by atoms with Crippen molar-refractivity contribution >= 4 is 11.6 Å². The lowest BCUT2D eigenvalue weighted by Gasteiger charge is -2.08. The number of benzene rings is 2. The zero-order chi connectivity index (χ0) is 19.9. The summed E-state index contributed by atoms with van der Waals surface area (Å²) >= 11 is 0. The predicted octanol–water partition coefficient (Wildman–Crippen LogP) is 3.77. The Morgan fingerprint density at radius 1 is 1.14 bits per heavy atom. The molecule has 0 aliphatic carbocycles. The summed E-state index contributed by atoms with van der Waals surface area (Å²) in [5, 5.41) is 15.2. The second kappa shape index (κ2) is 9.12. The van der Waals surface area contributed by atoms with Crippen LogP contribution in [0.15, 0.2) is 42.5 Å². The second-order valence-electron chi connectivity index (χ2n) is 6.74. The first-order valence-electron chi connectivity index (χ1n) is 9.43. The number of aromatic nitrogens is 4. The molecule has 0 aliphatic heterocycles. The van der Waals surface area contributed by atoms with E-state index in [0.29, 0.717) is 12.4 Å². The van der Waals surface area contributed by atoms with E-state index in [2.05, 4.69) is 27.7 Å². The third-order valence-corrected chi connectivity index (χ3v) is 4.27. The van der Waals surface area contributed by atoms with Crippen LogP contribution in [0.3, 0.4) is 0 Å². The quantitative estimate of drug-likeness (QED) is 0.603. The maximum Gasteiger partial charge on any atom is 0.248 e. The lowest BCUT2D eigenvalue weighted by molar-refractivity contribution is -0.117. The van der Waals surface area contributed by atoms with Crippen LogP contribution in [0.1, 0.15) is 30.9 Å². The van der Waals surface area contributed by atoms with E-state index in [4.69, 9.17) is 4.74 Å². The molecule has 0 atom stereocenters. The van der Waals surface area contributed by atoms with Crippen molar-refractivity contribution in [2.24, 2.45) is 0 Å². The van der Waals surface area contributed by atoms with Crippen LogP contribution in [0.5, 0.6) is 5.75 Å². The maximum atomic E-state index is 12.3. The molecule has 0 fully saturated rings. The molecule has 0 saturated carbocycles. The summed E-state index contributed by atoms with van der Waals surface area (Å²) in [6, 6.07) is 13.4. The summed E-state index contributed by atoms with van der Waals surface area (Å²) in [6.45, 7) is 6.81. The van der Waals surface area contributed by atoms with Crippen LogP contribution in [0.4, 0.5) is 5.69 Å². The summed E-state index contributed by atoms with van der Waals surface area (Å²) in [6.07, 6.45) is 2.13. The number of aryl methyl sites for hydroxylation is 2. The van der Waals surface area contributed by atoms with Crippen molar-refractivity contribution in [1.82, 2.24) is 20.2 Å². The van der Waals surface area contributed by atoms with Crippen molar-refractivity contribution < 1.29 is 9.53 Å². The summed E-state index contributed by atoms with van der Waals surface area (Å²) < 4.78 is 5.65. The Labute approximate surface area is 164 Å². The largest absolute Gasteiger partial charge is 0.494 e. The van der Waals surface area contributed by atoms with Crippen LogP contribution in [0.2, 0.25) is 0 Å². The van der Waals surface area contributed by atoms with Crippen LogP contribution in [-0.4, -0.2) is 32.7 Å². The molecule has 0 radical (unpaired) electrons. The Morgan fingerprint density at radius 3 is 2.64 bits per heavy atom. The number of tetrazole rings is 1. The SMILES string of the molecule is CCCCOc1ccc(-c2nnn(CC(=O)Nc3ccc(C)cc3C)n2)cc1. The number of anilines is 1. The minimum atomic E-state index is -0.199. The molecule has 28 heavy (non-hydrogen) atoms. The van der Waals surface area contributed by atoms with Gasteiger partial charge in [0.1, 0.15) is 12.3 Å². The monoisotopic (exact) mass is 379 g/mol. The van der Waals surface area contributed by atoms with E-state index in [9.17, 15) is 4.79 Å². The van der Waals surface area contributed by atoms with Crippen LogP contribution in [0, 0.1) is 13.8 Å². The van der Waals surface area contributed by atoms with Gasteiger partial charge in [0, 0.05) is 11.3 Å². The van der Waals surface area contributed by atoms with Gasteiger partial charge >= 0.3 is 0 Å². The average molecular weight is 379 g/mol. The van der Waals surface area contributed by atoms with Crippen LogP contribution < -0.4 is 10.1 Å². The fourth-order valence-electron chi connectivity index (χ4n) is 2.73. The second-order valence-corrected chi connectivity index (χ2v) is 6.74. The predicted molar refractivity (Wildman–Crippen MR) is 108 cm³/mol. The van der Waals surface area contributed by atoms with Gasteiger partial charge in [0.05, 0.1) is 6.61 Å². The standard InChI is InChI=1S/C21H25N5O2/c1-4-5-12-28-18-9-7-17(8-10-18)21-23-25-26(24-21)14-20(27)22-19-11-6-15(2)13-16(19)3/h6-11,13H,4-5,12,14H2,1-3H3,(H,22,27). The van der Waals surface area contributed by atoms with Gasteiger partial charge in [-0.25, -0.2) is 0 Å². The number of carbonyl (C=O) groups is 1. The summed E-state index contributed by atoms with van der Waals surface area (Å²) in [5.41, 5.74) is 3.78. The number of carbonyl (C=O) groups excluding carboxylic acids is 1. The molecule has 146 valence electrons. The van der Waals surface area contributed by atoms with Crippen molar-refractivity contribution in [3.8, 4) is 17.1 Å². The number of ether oxygens (including phenoxy) is 1. The first-order valence-corrected chi connectivity index (χ1v) is 9.43. The molecule has 0 unspecified atom stereocenters. The highest BCUT2D eigenvalue weighted by Crippen LogP contribution is 2.19. The lowest BCUT2D eigenvalue weighted by atomic mass is 10.1. The van der Waals surface area contributed by atoms with Crippen LogP contribution in [0.25, 0.3) is 11.4 Å². The van der Waals surface area contributed by atoms with Gasteiger partial charge in [0.2, 0.25) is 11.7 Å². The van der Waals surface area contributed by atoms with Gasteiger partial charge in [-0.05, 0) is 61.4 Å². The van der Waals surface area contributed by atoms with Crippen LogP contribution in [-0.2, 0) is 11.3 Å². The fraction of sp³-hybridized carbons (Fsp3) is 0.333. The number of amides is 1. The van der Waals surface area contributed by atoms with E-state index < -0.39 is 0 Å². The molecule has 1 heterocycles. The minimum absolute atomic E-state index is 0.00146. The van der Waals surface area contributed by atoms with Crippen molar-refractivity contribution in [2.45, 2.75) is 40.2 Å². The molecule has 2 aromatic carbocycles. The number of nitrogens with one attached hydrogen (secondary N) is 1. The Hall–Kier alpha value is -3.22. The summed E-state index contributed by atoms with van der Waals surface area (Å²) in [5.74, 6) is 1.09. The van der Waals surface area contributed by atoms with Crippen molar-refractivity contribution in [3.05, 3.63) is 53.6 Å². The number of hydrogen-bond donors (Lipinski definition) is 1. The van der Waals surface area contributed by atoms with E-state index in [0.717, 1.165) is 41.0 Å². The molecule has 0 bridgehead atoms. The Morgan fingerprint density at radius 2 is 1.93 bits per heavy atom. The van der Waals surface area contributed by atoms with E-state index in [1.807, 2.05) is 56.3 Å². The van der Waals surface area contributed by atoms with E-state index in [1.165, 1.54) is 4.80 Å². The molecule has 1 amide bonds. The highest BCUT2D eigenvalue weighted by molar-refractivity contribution is 5.91. The smallest absolute Gasteiger partial charge is 0.248 e. The topological polar surface area (TPSA) is 81.9 Å². The van der Waals surface area contributed by atoms with Gasteiger partial charge in [0.25, 0.3) is 0 Å². The van der Waals surface area contributed by atoms with E-state index in [-0.39, 0.29) is 12.5 Å². The van der Waals surface area contributed by atoms with Gasteiger partial charge in [-0.15, -0.1) is 10.2 Å². The normalized spacial score (nSPS) is 10.7. The average Bonchev–Trinajstić information content (AvgIpc) is 3.13. The Kier molecular flexibility index (Phi) is 6.37. The minimum Gasteiger partial charge on any atom is -0.494 e. The molecule has 7 heteroatoms. The Balaban J connectivity index is 1.59. The molecule has 1 aromatic heterocycles. The number of hydrogen-bond acceptors (Lipinski definition) is 5. The van der Waals surface area contributed by atoms with Gasteiger partial charge in [-0.1, -0.05) is 31.0 Å². The zero-order valence-electron chi connectivity index (χ0n) is 16.5. The fourth-order valence-corrected chi connectivity index (χ4v) is 2.73. The van der Waals surface area contributed by atoms with Gasteiger partial charge in [-0.2, -0.15) is 4.80 Å². The van der Waals surface area contributed by atoms with Gasteiger partial charge < -0.3 is 10.1 Å². The molecular formula is C21H25N5O2. The molecule has 3 aromatic rings. The molecule has 1 N–H and O–H groups in total. The summed E-state index contributed by atoms with van der Waals surface area (Å²) in [4.78, 5) is 13.6. The van der Waals surface area contributed by atoms with Crippen LogP contribution >= 0.6 is 0 Å². The third kappa shape index (κ3) is 5.16. The molecule has 0 spiro atoms. The highest BCUT2D eigenvalue weighted by atomic mass is 16.5. The maximum absolute atomic E-state index is 12.3. The van der Waals surface area contributed by atoms with Crippen molar-refractivity contribution in [3.63, 3.8) is 0 Å². The highest BCUT2D eigenvalue weighted by Gasteiger charge is 2.11. The van der Waals surface area contributed by atoms with Gasteiger partial charge in [0.15, 0.2) is 0 Å². The molecule has 7 nitrogen and oxygen atoms in total. The number of unbranched alkanes of at least 4 members (excludes halogenated alkanes) is 1. The van der Waals surface area contributed by atoms with Gasteiger partial charge in [-0.3, -0.25) is 4.79 Å². The lowest BCUT2D eigenvalue weighted by Crippen LogP contribution is -2.21. The summed E-state index contributed by atoms with van der Waals surface area (Å²) in [7, 11) is 0. The molecule has 3 rings (SSSR count). The number of rotatable bonds is 8.